The summed E-state index contributed by atoms with van der Waals surface area (Å²) in [5.74, 6) is -0.283. The lowest BCUT2D eigenvalue weighted by Crippen LogP contribution is -2.59. The highest BCUT2D eigenvalue weighted by molar-refractivity contribution is 5.84. The maximum atomic E-state index is 11.8. The third-order valence-corrected chi connectivity index (χ3v) is 3.84. The summed E-state index contributed by atoms with van der Waals surface area (Å²) >= 11 is 0. The Labute approximate surface area is 116 Å². The van der Waals surface area contributed by atoms with E-state index in [1.54, 1.807) is 0 Å². The monoisotopic (exact) mass is 271 g/mol. The van der Waals surface area contributed by atoms with Gasteiger partial charge in [0.25, 0.3) is 0 Å². The van der Waals surface area contributed by atoms with Gasteiger partial charge in [0.2, 0.25) is 5.91 Å². The number of hydrogen-bond acceptors (Lipinski definition) is 4. The molecule has 0 aromatic carbocycles. The molecule has 1 rings (SSSR count). The van der Waals surface area contributed by atoms with Gasteiger partial charge in [0.05, 0.1) is 18.8 Å². The number of amides is 1. The number of nitrogens with two attached hydrogens (primary N) is 1. The Kier molecular flexibility index (Phi) is 5.77. The number of primary amides is 1. The first-order valence-electron chi connectivity index (χ1n) is 7.17. The SMILES string of the molecule is CC(C)NC(C)(CC(C)N1CCOCC1C)C(N)=O. The van der Waals surface area contributed by atoms with Crippen molar-refractivity contribution >= 4 is 5.91 Å². The highest BCUT2D eigenvalue weighted by Gasteiger charge is 2.36. The molecule has 1 aliphatic heterocycles. The zero-order chi connectivity index (χ0) is 14.6. The molecule has 112 valence electrons. The van der Waals surface area contributed by atoms with E-state index in [-0.39, 0.29) is 11.9 Å². The number of hydrogen-bond donors (Lipinski definition) is 2. The molecule has 0 bridgehead atoms. The molecule has 5 heteroatoms. The first-order valence-corrected chi connectivity index (χ1v) is 7.17. The second kappa shape index (κ2) is 6.68. The topological polar surface area (TPSA) is 67.6 Å². The first kappa shape index (κ1) is 16.4. The lowest BCUT2D eigenvalue weighted by Gasteiger charge is -2.41. The summed E-state index contributed by atoms with van der Waals surface area (Å²) in [7, 11) is 0. The summed E-state index contributed by atoms with van der Waals surface area (Å²) in [6.07, 6.45) is 0.713. The lowest BCUT2D eigenvalue weighted by molar-refractivity contribution is -0.125. The van der Waals surface area contributed by atoms with Crippen LogP contribution in [-0.4, -0.2) is 54.2 Å². The molecule has 19 heavy (non-hydrogen) atoms. The fourth-order valence-corrected chi connectivity index (χ4v) is 2.97. The minimum atomic E-state index is -0.661. The van der Waals surface area contributed by atoms with Gasteiger partial charge in [-0.1, -0.05) is 0 Å². The summed E-state index contributed by atoms with van der Waals surface area (Å²) in [4.78, 5) is 14.2. The average Bonchev–Trinajstić information content (AvgIpc) is 2.27. The summed E-state index contributed by atoms with van der Waals surface area (Å²) in [5.41, 5.74) is 4.93. The molecule has 1 heterocycles. The summed E-state index contributed by atoms with van der Waals surface area (Å²) in [5, 5.41) is 3.31. The number of carbonyl (C=O) groups is 1. The van der Waals surface area contributed by atoms with Crippen LogP contribution in [-0.2, 0) is 9.53 Å². The predicted octanol–water partition coefficient (Wildman–Crippen LogP) is 0.728. The Bertz CT molecular complexity index is 309. The van der Waals surface area contributed by atoms with E-state index in [0.29, 0.717) is 18.5 Å². The van der Waals surface area contributed by atoms with Crippen LogP contribution in [0.25, 0.3) is 0 Å². The van der Waals surface area contributed by atoms with Gasteiger partial charge in [-0.3, -0.25) is 9.69 Å². The van der Waals surface area contributed by atoms with E-state index in [1.165, 1.54) is 0 Å². The van der Waals surface area contributed by atoms with Crippen LogP contribution in [0.3, 0.4) is 0 Å². The van der Waals surface area contributed by atoms with Crippen molar-refractivity contribution in [2.24, 2.45) is 5.73 Å². The molecular formula is C14H29N3O2. The molecule has 0 aromatic rings. The quantitative estimate of drug-likeness (QED) is 0.747. The zero-order valence-corrected chi connectivity index (χ0v) is 12.9. The standard InChI is InChI=1S/C14H29N3O2/c1-10(2)16-14(5,13(15)18)8-11(3)17-6-7-19-9-12(17)4/h10-12,16H,6-9H2,1-5H3,(H2,15,18). The van der Waals surface area contributed by atoms with Gasteiger partial charge in [-0.2, -0.15) is 0 Å². The van der Waals surface area contributed by atoms with Crippen molar-refractivity contribution in [1.29, 1.82) is 0 Å². The fraction of sp³-hybridized carbons (Fsp3) is 0.929. The van der Waals surface area contributed by atoms with Gasteiger partial charge in [-0.05, 0) is 41.0 Å². The van der Waals surface area contributed by atoms with Crippen molar-refractivity contribution in [2.45, 2.75) is 64.7 Å². The molecule has 0 aromatic heterocycles. The Morgan fingerprint density at radius 2 is 2.16 bits per heavy atom. The number of nitrogens with zero attached hydrogens (tertiary/aromatic N) is 1. The maximum absolute atomic E-state index is 11.8. The Balaban J connectivity index is 2.70. The molecule has 3 N–H and O–H groups in total. The third-order valence-electron chi connectivity index (χ3n) is 3.84. The van der Waals surface area contributed by atoms with Gasteiger partial charge in [0, 0.05) is 24.7 Å². The number of nitrogens with one attached hydrogen (secondary N) is 1. The second-order valence-corrected chi connectivity index (χ2v) is 6.21. The maximum Gasteiger partial charge on any atom is 0.237 e. The van der Waals surface area contributed by atoms with Crippen LogP contribution in [0.15, 0.2) is 0 Å². The highest BCUT2D eigenvalue weighted by atomic mass is 16.5. The van der Waals surface area contributed by atoms with Crippen LogP contribution in [0.5, 0.6) is 0 Å². The van der Waals surface area contributed by atoms with E-state index >= 15 is 0 Å². The molecule has 0 aliphatic carbocycles. The fourth-order valence-electron chi connectivity index (χ4n) is 2.97. The van der Waals surface area contributed by atoms with Gasteiger partial charge in [0.15, 0.2) is 0 Å². The van der Waals surface area contributed by atoms with Crippen LogP contribution < -0.4 is 11.1 Å². The van der Waals surface area contributed by atoms with E-state index in [1.807, 2.05) is 20.8 Å². The van der Waals surface area contributed by atoms with Crippen LogP contribution >= 0.6 is 0 Å². The van der Waals surface area contributed by atoms with Gasteiger partial charge in [-0.15, -0.1) is 0 Å². The van der Waals surface area contributed by atoms with E-state index in [2.05, 4.69) is 24.1 Å². The summed E-state index contributed by atoms with van der Waals surface area (Å²) in [6.45, 7) is 12.7. The normalized spacial score (nSPS) is 26.1. The molecule has 1 fully saturated rings. The molecule has 1 amide bonds. The van der Waals surface area contributed by atoms with Gasteiger partial charge < -0.3 is 15.8 Å². The molecule has 5 nitrogen and oxygen atoms in total. The minimum Gasteiger partial charge on any atom is -0.379 e. The van der Waals surface area contributed by atoms with Gasteiger partial charge in [0.1, 0.15) is 0 Å². The van der Waals surface area contributed by atoms with Crippen molar-refractivity contribution in [3.8, 4) is 0 Å². The Hall–Kier alpha value is -0.650. The molecule has 3 unspecified atom stereocenters. The molecule has 1 aliphatic rings. The van der Waals surface area contributed by atoms with Crippen molar-refractivity contribution in [3.63, 3.8) is 0 Å². The van der Waals surface area contributed by atoms with E-state index in [4.69, 9.17) is 10.5 Å². The molecule has 0 saturated carbocycles. The van der Waals surface area contributed by atoms with E-state index < -0.39 is 5.54 Å². The van der Waals surface area contributed by atoms with Crippen molar-refractivity contribution < 1.29 is 9.53 Å². The third kappa shape index (κ3) is 4.44. The van der Waals surface area contributed by atoms with E-state index in [0.717, 1.165) is 19.8 Å². The lowest BCUT2D eigenvalue weighted by atomic mass is 9.90. The van der Waals surface area contributed by atoms with Crippen LogP contribution in [0.1, 0.15) is 41.0 Å². The first-order chi connectivity index (χ1) is 8.76. The number of rotatable bonds is 6. The minimum absolute atomic E-state index is 0.229. The van der Waals surface area contributed by atoms with Crippen LogP contribution in [0, 0.1) is 0 Å². The van der Waals surface area contributed by atoms with Gasteiger partial charge in [-0.25, -0.2) is 0 Å². The average molecular weight is 271 g/mol. The number of morpholine rings is 1. The van der Waals surface area contributed by atoms with Crippen molar-refractivity contribution in [1.82, 2.24) is 10.2 Å². The predicted molar refractivity (Wildman–Crippen MR) is 76.9 cm³/mol. The van der Waals surface area contributed by atoms with Crippen molar-refractivity contribution in [3.05, 3.63) is 0 Å². The Morgan fingerprint density at radius 1 is 1.53 bits per heavy atom. The number of carbonyl (C=O) groups excluding carboxylic acids is 1. The largest absolute Gasteiger partial charge is 0.379 e. The molecule has 1 saturated heterocycles. The highest BCUT2D eigenvalue weighted by Crippen LogP contribution is 2.20. The van der Waals surface area contributed by atoms with E-state index in [9.17, 15) is 4.79 Å². The molecule has 0 spiro atoms. The zero-order valence-electron chi connectivity index (χ0n) is 12.9. The summed E-state index contributed by atoms with van der Waals surface area (Å²) < 4.78 is 5.46. The van der Waals surface area contributed by atoms with Gasteiger partial charge >= 0.3 is 0 Å². The van der Waals surface area contributed by atoms with Crippen molar-refractivity contribution in [2.75, 3.05) is 19.8 Å². The van der Waals surface area contributed by atoms with Crippen LogP contribution in [0.4, 0.5) is 0 Å². The molecule has 0 radical (unpaired) electrons. The summed E-state index contributed by atoms with van der Waals surface area (Å²) in [6, 6.07) is 0.911. The number of ether oxygens (including phenoxy) is 1. The molecule has 3 atom stereocenters. The Morgan fingerprint density at radius 3 is 2.63 bits per heavy atom. The smallest absolute Gasteiger partial charge is 0.237 e. The van der Waals surface area contributed by atoms with Crippen LogP contribution in [0.2, 0.25) is 0 Å². The second-order valence-electron chi connectivity index (χ2n) is 6.21. The molecular weight excluding hydrogens is 242 g/mol.